The number of hydrogen-bond acceptors (Lipinski definition) is 3. The van der Waals surface area contributed by atoms with E-state index < -0.39 is 4.92 Å². The van der Waals surface area contributed by atoms with Crippen molar-refractivity contribution in [3.63, 3.8) is 0 Å². The first kappa shape index (κ1) is 13.0. The van der Waals surface area contributed by atoms with E-state index in [0.29, 0.717) is 0 Å². The molecule has 0 spiro atoms. The maximum Gasteiger partial charge on any atom is 0.269 e. The van der Waals surface area contributed by atoms with Gasteiger partial charge in [-0.25, -0.2) is 0 Å². The normalized spacial score (nSPS) is 12.5. The number of hydrogen-bond donors (Lipinski definition) is 0. The molecule has 0 amide bonds. The molecule has 0 aromatic heterocycles. The van der Waals surface area contributed by atoms with Crippen molar-refractivity contribution < 1.29 is 4.92 Å². The Morgan fingerprint density at radius 3 is 2.32 bits per heavy atom. The third-order valence-electron chi connectivity index (χ3n) is 2.83. The first-order chi connectivity index (χ1) is 9.16. The summed E-state index contributed by atoms with van der Waals surface area (Å²) in [6.07, 6.45) is 1.74. The molecule has 0 aliphatic carbocycles. The Balaban J connectivity index is 2.08. The highest BCUT2D eigenvalue weighted by Crippen LogP contribution is 2.16. The largest absolute Gasteiger partial charge is 0.285 e. The number of benzene rings is 2. The average molecular weight is 254 g/mol. The van der Waals surface area contributed by atoms with E-state index >= 15 is 0 Å². The second kappa shape index (κ2) is 5.91. The van der Waals surface area contributed by atoms with Crippen LogP contribution >= 0.6 is 0 Å². The van der Waals surface area contributed by atoms with Crippen LogP contribution in [0.3, 0.4) is 0 Å². The molecule has 0 heterocycles. The molecule has 0 saturated carbocycles. The zero-order valence-electron chi connectivity index (χ0n) is 10.6. The van der Waals surface area contributed by atoms with Gasteiger partial charge in [0.1, 0.15) is 0 Å². The van der Waals surface area contributed by atoms with Crippen molar-refractivity contribution in [2.24, 2.45) is 4.99 Å². The monoisotopic (exact) mass is 254 g/mol. The van der Waals surface area contributed by atoms with Crippen molar-refractivity contribution >= 4 is 11.9 Å². The first-order valence-corrected chi connectivity index (χ1v) is 5.99. The van der Waals surface area contributed by atoms with Crippen LogP contribution in [0.2, 0.25) is 0 Å². The summed E-state index contributed by atoms with van der Waals surface area (Å²) < 4.78 is 0. The quantitative estimate of drug-likeness (QED) is 0.473. The van der Waals surface area contributed by atoms with Crippen molar-refractivity contribution in [1.29, 1.82) is 0 Å². The summed E-state index contributed by atoms with van der Waals surface area (Å²) in [6, 6.07) is 16.4. The number of nitrogens with zero attached hydrogens (tertiary/aromatic N) is 2. The van der Waals surface area contributed by atoms with Crippen LogP contribution < -0.4 is 0 Å². The molecule has 0 saturated heterocycles. The fourth-order valence-electron chi connectivity index (χ4n) is 1.70. The van der Waals surface area contributed by atoms with Crippen molar-refractivity contribution in [2.75, 3.05) is 0 Å². The molecule has 2 rings (SSSR count). The Bertz CT molecular complexity index is 577. The lowest BCUT2D eigenvalue weighted by Gasteiger charge is -2.05. The van der Waals surface area contributed by atoms with Gasteiger partial charge >= 0.3 is 0 Å². The summed E-state index contributed by atoms with van der Waals surface area (Å²) in [4.78, 5) is 14.6. The minimum Gasteiger partial charge on any atom is -0.285 e. The van der Waals surface area contributed by atoms with Gasteiger partial charge in [-0.1, -0.05) is 30.3 Å². The van der Waals surface area contributed by atoms with Crippen LogP contribution in [0, 0.1) is 10.1 Å². The van der Waals surface area contributed by atoms with E-state index in [0.717, 1.165) is 11.1 Å². The number of rotatable bonds is 4. The molecule has 4 heteroatoms. The fourth-order valence-corrected chi connectivity index (χ4v) is 1.70. The minimum atomic E-state index is -0.409. The maximum atomic E-state index is 10.5. The minimum absolute atomic E-state index is 0.0661. The fraction of sp³-hybridized carbons (Fsp3) is 0.133. The number of aliphatic imine (C=N–C) groups is 1. The summed E-state index contributed by atoms with van der Waals surface area (Å²) in [6.45, 7) is 2.01. The van der Waals surface area contributed by atoms with Gasteiger partial charge in [0.25, 0.3) is 5.69 Å². The van der Waals surface area contributed by atoms with Crippen molar-refractivity contribution in [2.45, 2.75) is 13.0 Å². The molecule has 96 valence electrons. The molecule has 0 N–H and O–H groups in total. The van der Waals surface area contributed by atoms with Crippen molar-refractivity contribution in [3.05, 3.63) is 75.8 Å². The highest BCUT2D eigenvalue weighted by molar-refractivity contribution is 5.80. The molecule has 4 nitrogen and oxygen atoms in total. The Morgan fingerprint density at radius 2 is 1.74 bits per heavy atom. The molecular weight excluding hydrogens is 240 g/mol. The topological polar surface area (TPSA) is 55.5 Å². The predicted molar refractivity (Wildman–Crippen MR) is 75.5 cm³/mol. The van der Waals surface area contributed by atoms with Gasteiger partial charge in [-0.3, -0.25) is 15.1 Å². The summed E-state index contributed by atoms with van der Waals surface area (Å²) in [7, 11) is 0. The lowest BCUT2D eigenvalue weighted by Crippen LogP contribution is -1.91. The van der Waals surface area contributed by atoms with Crippen molar-refractivity contribution in [1.82, 2.24) is 0 Å². The molecule has 19 heavy (non-hydrogen) atoms. The van der Waals surface area contributed by atoms with E-state index in [9.17, 15) is 10.1 Å². The summed E-state index contributed by atoms with van der Waals surface area (Å²) >= 11 is 0. The Hall–Kier alpha value is -2.49. The maximum absolute atomic E-state index is 10.5. The van der Waals surface area contributed by atoms with E-state index in [4.69, 9.17) is 0 Å². The Kier molecular flexibility index (Phi) is 4.03. The van der Waals surface area contributed by atoms with Crippen LogP contribution in [0.25, 0.3) is 0 Å². The zero-order valence-corrected chi connectivity index (χ0v) is 10.6. The van der Waals surface area contributed by atoms with Gasteiger partial charge in [-0.15, -0.1) is 0 Å². The molecule has 1 atom stereocenters. The molecule has 0 bridgehead atoms. The molecule has 0 aliphatic heterocycles. The van der Waals surface area contributed by atoms with E-state index in [1.54, 1.807) is 18.3 Å². The third kappa shape index (κ3) is 3.48. The SMILES string of the molecule is C[C@@H](N=Cc1ccc([N+](=O)[O-])cc1)c1ccccc1. The van der Waals surface area contributed by atoms with Crippen LogP contribution in [-0.4, -0.2) is 11.1 Å². The highest BCUT2D eigenvalue weighted by atomic mass is 16.6. The van der Waals surface area contributed by atoms with Gasteiger partial charge in [0.2, 0.25) is 0 Å². The summed E-state index contributed by atoms with van der Waals surface area (Å²) in [5.41, 5.74) is 2.09. The van der Waals surface area contributed by atoms with Crippen molar-refractivity contribution in [3.8, 4) is 0 Å². The predicted octanol–water partition coefficient (Wildman–Crippen LogP) is 3.77. The third-order valence-corrected chi connectivity index (χ3v) is 2.83. The highest BCUT2D eigenvalue weighted by Gasteiger charge is 2.03. The standard InChI is InChI=1S/C15H14N2O2/c1-12(14-5-3-2-4-6-14)16-11-13-7-9-15(10-8-13)17(18)19/h2-12H,1H3/t12-/m1/s1. The number of nitro benzene ring substituents is 1. The second-order valence-corrected chi connectivity index (χ2v) is 4.21. The smallest absolute Gasteiger partial charge is 0.269 e. The summed E-state index contributed by atoms with van der Waals surface area (Å²) in [5.74, 6) is 0. The van der Waals surface area contributed by atoms with Crippen LogP contribution in [0.1, 0.15) is 24.1 Å². The van der Waals surface area contributed by atoms with Gasteiger partial charge in [0, 0.05) is 18.3 Å². The van der Waals surface area contributed by atoms with Gasteiger partial charge in [0.05, 0.1) is 11.0 Å². The lowest BCUT2D eigenvalue weighted by molar-refractivity contribution is -0.384. The average Bonchev–Trinajstić information content (AvgIpc) is 2.46. The Morgan fingerprint density at radius 1 is 1.11 bits per heavy atom. The molecule has 2 aromatic carbocycles. The second-order valence-electron chi connectivity index (χ2n) is 4.21. The van der Waals surface area contributed by atoms with Crippen LogP contribution in [0.4, 0.5) is 5.69 Å². The summed E-state index contributed by atoms with van der Waals surface area (Å²) in [5, 5.41) is 10.5. The van der Waals surface area contributed by atoms with Gasteiger partial charge in [0.15, 0.2) is 0 Å². The molecule has 0 aliphatic rings. The molecule has 2 aromatic rings. The molecular formula is C15H14N2O2. The van der Waals surface area contributed by atoms with Crippen LogP contribution in [0.15, 0.2) is 59.6 Å². The van der Waals surface area contributed by atoms with Gasteiger partial charge < -0.3 is 0 Å². The van der Waals surface area contributed by atoms with E-state index in [2.05, 4.69) is 4.99 Å². The number of nitro groups is 1. The number of non-ortho nitro benzene ring substituents is 1. The lowest BCUT2D eigenvalue weighted by atomic mass is 10.1. The van der Waals surface area contributed by atoms with E-state index in [-0.39, 0.29) is 11.7 Å². The van der Waals surface area contributed by atoms with Gasteiger partial charge in [-0.2, -0.15) is 0 Å². The molecule has 0 unspecified atom stereocenters. The van der Waals surface area contributed by atoms with E-state index in [1.165, 1.54) is 12.1 Å². The zero-order chi connectivity index (χ0) is 13.7. The van der Waals surface area contributed by atoms with Gasteiger partial charge in [-0.05, 0) is 30.2 Å². The Labute approximate surface area is 111 Å². The first-order valence-electron chi connectivity index (χ1n) is 5.99. The molecule has 0 fully saturated rings. The molecule has 0 radical (unpaired) electrons. The van der Waals surface area contributed by atoms with Crippen LogP contribution in [0.5, 0.6) is 0 Å². The van der Waals surface area contributed by atoms with Crippen LogP contribution in [-0.2, 0) is 0 Å². The van der Waals surface area contributed by atoms with E-state index in [1.807, 2.05) is 37.3 Å².